The van der Waals surface area contributed by atoms with Crippen molar-refractivity contribution in [1.29, 1.82) is 5.26 Å². The van der Waals surface area contributed by atoms with Crippen molar-refractivity contribution in [2.45, 2.75) is 19.3 Å². The zero-order chi connectivity index (χ0) is 41.1. The average molecular weight is 780 g/mol. The quantitative estimate of drug-likeness (QED) is 0.157. The second kappa shape index (κ2) is 14.3. The van der Waals surface area contributed by atoms with E-state index >= 15 is 0 Å². The number of hydrogen-bond acceptors (Lipinski definition) is 5. The monoisotopic (exact) mass is 779 g/mol. The predicted octanol–water partition coefficient (Wildman–Crippen LogP) is 13.8. The van der Waals surface area contributed by atoms with Gasteiger partial charge in [-0.3, -0.25) is 4.98 Å². The normalized spacial score (nSPS) is 12.5. The number of fused-ring (bicyclic) bond motifs is 5. The molecule has 0 unspecified atom stereocenters. The summed E-state index contributed by atoms with van der Waals surface area (Å²) >= 11 is 0. The standard InChI is InChI=1S/C56H37N5/c1-56(2)49-28-35(33-57)23-25-43(49)44-26-24-38(32-50(44)56)40-29-41(39-18-13-27-58-34-39)31-42(30-40)54-59-53(37-16-7-4-8-17-37)60-55(61-54)52-47-21-11-9-19-45(47)51(36-14-5-3-6-15-36)46-20-10-12-22-48(46)52/h3-32,34H,1-2H3. The number of aromatic nitrogens is 4. The van der Waals surface area contributed by atoms with Gasteiger partial charge in [0.15, 0.2) is 17.5 Å². The van der Waals surface area contributed by atoms with Crippen LogP contribution in [0.15, 0.2) is 188 Å². The third kappa shape index (κ3) is 6.08. The molecule has 0 saturated carbocycles. The van der Waals surface area contributed by atoms with Crippen molar-refractivity contribution in [3.05, 3.63) is 205 Å². The van der Waals surface area contributed by atoms with E-state index < -0.39 is 0 Å². The number of pyridine rings is 1. The van der Waals surface area contributed by atoms with E-state index in [1.807, 2.05) is 42.6 Å². The summed E-state index contributed by atoms with van der Waals surface area (Å²) in [6, 6.07) is 63.7. The van der Waals surface area contributed by atoms with Crippen LogP contribution in [0.5, 0.6) is 0 Å². The molecule has 1 aliphatic rings. The molecule has 61 heavy (non-hydrogen) atoms. The van der Waals surface area contributed by atoms with Gasteiger partial charge in [-0.15, -0.1) is 0 Å². The van der Waals surface area contributed by atoms with Gasteiger partial charge in [0.2, 0.25) is 0 Å². The summed E-state index contributed by atoms with van der Waals surface area (Å²) in [5, 5.41) is 14.2. The molecule has 0 atom stereocenters. The Morgan fingerprint density at radius 2 is 0.918 bits per heavy atom. The van der Waals surface area contributed by atoms with E-state index in [4.69, 9.17) is 15.0 Å². The highest BCUT2D eigenvalue weighted by molar-refractivity contribution is 6.20. The van der Waals surface area contributed by atoms with E-state index in [2.05, 4.69) is 164 Å². The molecule has 2 aromatic heterocycles. The van der Waals surface area contributed by atoms with Gasteiger partial charge in [0.1, 0.15) is 0 Å². The first-order chi connectivity index (χ1) is 29.9. The minimum absolute atomic E-state index is 0.285. The minimum Gasteiger partial charge on any atom is -0.264 e. The molecule has 11 rings (SSSR count). The molecule has 1 aliphatic carbocycles. The van der Waals surface area contributed by atoms with Crippen molar-refractivity contribution in [3.63, 3.8) is 0 Å². The molecule has 8 aromatic carbocycles. The molecule has 286 valence electrons. The molecule has 0 aliphatic heterocycles. The zero-order valence-electron chi connectivity index (χ0n) is 33.6. The Morgan fingerprint density at radius 3 is 1.54 bits per heavy atom. The third-order valence-electron chi connectivity index (χ3n) is 12.2. The maximum absolute atomic E-state index is 9.73. The van der Waals surface area contributed by atoms with Gasteiger partial charge in [0.05, 0.1) is 11.6 Å². The maximum Gasteiger partial charge on any atom is 0.165 e. The van der Waals surface area contributed by atoms with Gasteiger partial charge in [-0.25, -0.2) is 15.0 Å². The minimum atomic E-state index is -0.285. The second-order valence-corrected chi connectivity index (χ2v) is 16.2. The Labute approximate surface area is 354 Å². The molecule has 2 heterocycles. The van der Waals surface area contributed by atoms with E-state index in [9.17, 15) is 5.26 Å². The first kappa shape index (κ1) is 36.0. The van der Waals surface area contributed by atoms with Gasteiger partial charge >= 0.3 is 0 Å². The summed E-state index contributed by atoms with van der Waals surface area (Å²) in [7, 11) is 0. The van der Waals surface area contributed by atoms with Crippen LogP contribution in [0.4, 0.5) is 0 Å². The Bertz CT molecular complexity index is 3330. The van der Waals surface area contributed by atoms with E-state index in [0.29, 0.717) is 23.0 Å². The maximum atomic E-state index is 9.73. The van der Waals surface area contributed by atoms with Gasteiger partial charge in [-0.1, -0.05) is 147 Å². The summed E-state index contributed by atoms with van der Waals surface area (Å²) in [5.74, 6) is 1.79. The first-order valence-corrected chi connectivity index (χ1v) is 20.5. The summed E-state index contributed by atoms with van der Waals surface area (Å²) in [6.45, 7) is 4.49. The lowest BCUT2D eigenvalue weighted by Gasteiger charge is -2.22. The van der Waals surface area contributed by atoms with Gasteiger partial charge in [-0.05, 0) is 114 Å². The van der Waals surface area contributed by atoms with Gasteiger partial charge in [0.25, 0.3) is 0 Å². The highest BCUT2D eigenvalue weighted by Crippen LogP contribution is 2.50. The summed E-state index contributed by atoms with van der Waals surface area (Å²) < 4.78 is 0. The highest BCUT2D eigenvalue weighted by atomic mass is 15.0. The Hall–Kier alpha value is -8.07. The number of nitriles is 1. The number of benzene rings is 8. The molecule has 5 heteroatoms. The largest absolute Gasteiger partial charge is 0.264 e. The fraction of sp³-hybridized carbons (Fsp3) is 0.0536. The molecular formula is C56H37N5. The number of rotatable bonds is 6. The van der Waals surface area contributed by atoms with Crippen LogP contribution in [0.1, 0.15) is 30.5 Å². The van der Waals surface area contributed by atoms with Crippen molar-refractivity contribution in [2.24, 2.45) is 0 Å². The van der Waals surface area contributed by atoms with Crippen LogP contribution in [0, 0.1) is 11.3 Å². The Balaban J connectivity index is 1.16. The lowest BCUT2D eigenvalue weighted by atomic mass is 9.81. The molecular weight excluding hydrogens is 743 g/mol. The second-order valence-electron chi connectivity index (χ2n) is 16.2. The van der Waals surface area contributed by atoms with Crippen LogP contribution in [0.25, 0.3) is 100 Å². The smallest absolute Gasteiger partial charge is 0.165 e. The van der Waals surface area contributed by atoms with Crippen LogP contribution in [-0.2, 0) is 5.41 Å². The SMILES string of the molecule is CC1(C)c2cc(C#N)ccc2-c2ccc(-c3cc(-c4cccnc4)cc(-c4nc(-c5ccccc5)nc(-c5c6ccccc6c(-c6ccccc6)c6ccccc56)n4)c3)cc21. The van der Waals surface area contributed by atoms with Crippen LogP contribution in [0.2, 0.25) is 0 Å². The zero-order valence-corrected chi connectivity index (χ0v) is 33.6. The van der Waals surface area contributed by atoms with E-state index in [1.165, 1.54) is 27.8 Å². The van der Waals surface area contributed by atoms with Crippen LogP contribution >= 0.6 is 0 Å². The van der Waals surface area contributed by atoms with E-state index in [-0.39, 0.29) is 5.41 Å². The summed E-state index contributed by atoms with van der Waals surface area (Å²) in [5.41, 5.74) is 14.4. The van der Waals surface area contributed by atoms with Crippen molar-refractivity contribution >= 4 is 21.5 Å². The molecule has 0 spiro atoms. The van der Waals surface area contributed by atoms with Gasteiger partial charge in [0, 0.05) is 40.1 Å². The number of nitrogens with zero attached hydrogens (tertiary/aromatic N) is 5. The first-order valence-electron chi connectivity index (χ1n) is 20.5. The molecule has 0 N–H and O–H groups in total. The predicted molar refractivity (Wildman–Crippen MR) is 248 cm³/mol. The molecule has 0 bridgehead atoms. The molecule has 0 saturated heterocycles. The molecule has 0 fully saturated rings. The topological polar surface area (TPSA) is 75.3 Å². The van der Waals surface area contributed by atoms with E-state index in [0.717, 1.165) is 66.1 Å². The Morgan fingerprint density at radius 1 is 0.410 bits per heavy atom. The van der Waals surface area contributed by atoms with Crippen molar-refractivity contribution < 1.29 is 0 Å². The Kier molecular flexibility index (Phi) is 8.47. The average Bonchev–Trinajstić information content (AvgIpc) is 3.55. The fourth-order valence-corrected chi connectivity index (χ4v) is 9.23. The molecule has 0 radical (unpaired) electrons. The molecule has 5 nitrogen and oxygen atoms in total. The summed E-state index contributed by atoms with van der Waals surface area (Å²) in [4.78, 5) is 20.5. The van der Waals surface area contributed by atoms with Crippen LogP contribution < -0.4 is 0 Å². The molecule has 0 amide bonds. The lowest BCUT2D eigenvalue weighted by molar-refractivity contribution is 0.660. The van der Waals surface area contributed by atoms with E-state index in [1.54, 1.807) is 6.20 Å². The van der Waals surface area contributed by atoms with Gasteiger partial charge in [-0.2, -0.15) is 5.26 Å². The third-order valence-corrected chi connectivity index (χ3v) is 12.2. The van der Waals surface area contributed by atoms with Crippen LogP contribution in [0.3, 0.4) is 0 Å². The number of hydrogen-bond donors (Lipinski definition) is 0. The summed E-state index contributed by atoms with van der Waals surface area (Å²) in [6.07, 6.45) is 3.70. The molecule has 10 aromatic rings. The van der Waals surface area contributed by atoms with Crippen molar-refractivity contribution in [3.8, 4) is 84.7 Å². The fourth-order valence-electron chi connectivity index (χ4n) is 9.23. The van der Waals surface area contributed by atoms with Crippen molar-refractivity contribution in [2.75, 3.05) is 0 Å². The van der Waals surface area contributed by atoms with Crippen LogP contribution in [-0.4, -0.2) is 19.9 Å². The highest BCUT2D eigenvalue weighted by Gasteiger charge is 2.36. The van der Waals surface area contributed by atoms with Gasteiger partial charge < -0.3 is 0 Å². The van der Waals surface area contributed by atoms with Crippen molar-refractivity contribution in [1.82, 2.24) is 19.9 Å². The lowest BCUT2D eigenvalue weighted by Crippen LogP contribution is -2.15.